The molecule has 33 heavy (non-hydrogen) atoms. The molecular weight excluding hydrogens is 423 g/mol. The fraction of sp³-hybridized carbons (Fsp3) is 0.462. The van der Waals surface area contributed by atoms with E-state index in [0.29, 0.717) is 38.5 Å². The molecule has 2 aromatic rings. The number of ether oxygens (including phenoxy) is 1. The van der Waals surface area contributed by atoms with Gasteiger partial charge in [0.25, 0.3) is 0 Å². The minimum absolute atomic E-state index is 0.157. The molecule has 7 heteroatoms. The lowest BCUT2D eigenvalue weighted by Crippen LogP contribution is -2.64. The summed E-state index contributed by atoms with van der Waals surface area (Å²) in [4.78, 5) is 26.7. The van der Waals surface area contributed by atoms with Crippen LogP contribution in [0.2, 0.25) is 0 Å². The van der Waals surface area contributed by atoms with Gasteiger partial charge in [-0.05, 0) is 47.6 Å². The summed E-state index contributed by atoms with van der Waals surface area (Å²) in [6, 6.07) is 14.0. The summed E-state index contributed by atoms with van der Waals surface area (Å²) in [6.45, 7) is 2.87. The van der Waals surface area contributed by atoms with Gasteiger partial charge in [-0.2, -0.15) is 4.79 Å². The van der Waals surface area contributed by atoms with Gasteiger partial charge in [0, 0.05) is 25.3 Å². The van der Waals surface area contributed by atoms with Gasteiger partial charge < -0.3 is 9.84 Å². The predicted octanol–water partition coefficient (Wildman–Crippen LogP) is 4.83. The fourth-order valence-electron chi connectivity index (χ4n) is 6.08. The van der Waals surface area contributed by atoms with Crippen molar-refractivity contribution in [3.63, 3.8) is 0 Å². The van der Waals surface area contributed by atoms with Crippen LogP contribution in [0.3, 0.4) is 0 Å². The molecule has 2 bridgehead atoms. The average Bonchev–Trinajstić information content (AvgIpc) is 2.84. The number of nitrogens with zero attached hydrogens (tertiary/aromatic N) is 2. The summed E-state index contributed by atoms with van der Waals surface area (Å²) in [5.41, 5.74) is 3.08. The highest BCUT2D eigenvalue weighted by Crippen LogP contribution is 2.40. The van der Waals surface area contributed by atoms with Gasteiger partial charge in [-0.25, -0.2) is 13.7 Å². The summed E-state index contributed by atoms with van der Waals surface area (Å²) in [6.07, 6.45) is 2.19. The molecule has 2 aromatic carbocycles. The molecule has 2 amide bonds. The van der Waals surface area contributed by atoms with Crippen LogP contribution in [-0.2, 0) is 11.2 Å². The molecule has 0 unspecified atom stereocenters. The molecule has 6 rings (SSSR count). The molecule has 3 fully saturated rings. The molecule has 4 aliphatic rings. The zero-order valence-electron chi connectivity index (χ0n) is 18.7. The van der Waals surface area contributed by atoms with Gasteiger partial charge in [-0.3, -0.25) is 4.90 Å². The summed E-state index contributed by atoms with van der Waals surface area (Å²) in [7, 11) is 0. The highest BCUT2D eigenvalue weighted by atomic mass is 19.1. The largest absolute Gasteiger partial charge is 0.513 e. The lowest BCUT2D eigenvalue weighted by atomic mass is 9.76. The third-order valence-corrected chi connectivity index (χ3v) is 7.93. The molecule has 0 radical (unpaired) electrons. The minimum Gasteiger partial charge on any atom is -0.449 e. The van der Waals surface area contributed by atoms with Crippen LogP contribution in [-0.4, -0.2) is 59.5 Å². The molecule has 0 aromatic heterocycles. The van der Waals surface area contributed by atoms with Crippen molar-refractivity contribution in [2.45, 2.75) is 31.7 Å². The maximum absolute atomic E-state index is 13.5. The molecule has 4 heterocycles. The number of benzene rings is 2. The van der Waals surface area contributed by atoms with Crippen LogP contribution in [0.1, 0.15) is 42.0 Å². The van der Waals surface area contributed by atoms with Crippen LogP contribution in [0.25, 0.3) is 0 Å². The zero-order valence-corrected chi connectivity index (χ0v) is 18.7. The summed E-state index contributed by atoms with van der Waals surface area (Å²) in [5, 5.41) is 9.71. The Labute approximate surface area is 193 Å². The Morgan fingerprint density at radius 1 is 1.09 bits per heavy atom. The van der Waals surface area contributed by atoms with Crippen molar-refractivity contribution in [1.82, 2.24) is 4.90 Å². The first kappa shape index (κ1) is 21.9. The number of carbonyl (C=O) groups is 2. The Bertz CT molecular complexity index is 1030. The van der Waals surface area contributed by atoms with Crippen LogP contribution < -0.4 is 0 Å². The van der Waals surface area contributed by atoms with Gasteiger partial charge in [0.2, 0.25) is 0 Å². The van der Waals surface area contributed by atoms with Crippen molar-refractivity contribution in [3.05, 3.63) is 71.0 Å². The maximum Gasteiger partial charge on any atom is 0.513 e. The second-order valence-electron chi connectivity index (χ2n) is 9.65. The van der Waals surface area contributed by atoms with E-state index in [1.54, 1.807) is 17.0 Å². The number of hydrogen-bond acceptors (Lipinski definition) is 3. The lowest BCUT2D eigenvalue weighted by molar-refractivity contribution is -0.879. The van der Waals surface area contributed by atoms with Gasteiger partial charge in [0.15, 0.2) is 0 Å². The Morgan fingerprint density at radius 3 is 2.55 bits per heavy atom. The number of fused-ring (bicyclic) bond motifs is 4. The van der Waals surface area contributed by atoms with Crippen molar-refractivity contribution in [2.75, 3.05) is 32.8 Å². The average molecular weight is 454 g/mol. The van der Waals surface area contributed by atoms with Gasteiger partial charge in [0.1, 0.15) is 5.82 Å². The summed E-state index contributed by atoms with van der Waals surface area (Å²) >= 11 is 0. The molecule has 4 aliphatic heterocycles. The number of piperidine rings is 3. The van der Waals surface area contributed by atoms with Crippen LogP contribution in [0, 0.1) is 17.7 Å². The van der Waals surface area contributed by atoms with E-state index in [4.69, 9.17) is 4.74 Å². The molecule has 3 saturated heterocycles. The van der Waals surface area contributed by atoms with E-state index in [2.05, 4.69) is 6.07 Å². The van der Waals surface area contributed by atoms with Gasteiger partial charge in [-0.15, -0.1) is 0 Å². The SMILES string of the molecule is O=C(OCC[C@@H]1C[N+]2(C(=O)O)CCC1CC2)N1CCc2ccccc2[C@@H]1c1ccc(F)cc1. The number of hydrogen-bond donors (Lipinski definition) is 1. The number of rotatable bonds is 4. The molecule has 0 aliphatic carbocycles. The highest BCUT2D eigenvalue weighted by molar-refractivity contribution is 5.70. The van der Waals surface area contributed by atoms with Crippen LogP contribution in [0.15, 0.2) is 48.5 Å². The predicted molar refractivity (Wildman–Crippen MR) is 120 cm³/mol. The number of amides is 2. The smallest absolute Gasteiger partial charge is 0.449 e. The van der Waals surface area contributed by atoms with E-state index in [1.807, 2.05) is 18.2 Å². The molecule has 0 saturated carbocycles. The van der Waals surface area contributed by atoms with Crippen molar-refractivity contribution >= 4 is 12.2 Å². The Hall–Kier alpha value is -2.93. The summed E-state index contributed by atoms with van der Waals surface area (Å²) in [5.74, 6) is 0.486. The fourth-order valence-corrected chi connectivity index (χ4v) is 6.08. The first-order valence-corrected chi connectivity index (χ1v) is 11.8. The van der Waals surface area contributed by atoms with Gasteiger partial charge in [0.05, 0.1) is 32.3 Å². The first-order chi connectivity index (χ1) is 16.0. The number of halogens is 1. The van der Waals surface area contributed by atoms with E-state index in [0.717, 1.165) is 30.4 Å². The van der Waals surface area contributed by atoms with E-state index in [9.17, 15) is 19.1 Å². The zero-order chi connectivity index (χ0) is 23.0. The van der Waals surface area contributed by atoms with Crippen molar-refractivity contribution < 1.29 is 28.3 Å². The van der Waals surface area contributed by atoms with Gasteiger partial charge >= 0.3 is 12.2 Å². The number of carboxylic acid groups (broad SMARTS) is 1. The molecule has 2 atom stereocenters. The normalized spacial score (nSPS) is 28.3. The van der Waals surface area contributed by atoms with Crippen LogP contribution in [0.5, 0.6) is 0 Å². The first-order valence-electron chi connectivity index (χ1n) is 11.8. The van der Waals surface area contributed by atoms with Crippen molar-refractivity contribution in [1.29, 1.82) is 0 Å². The quantitative estimate of drug-likeness (QED) is 0.673. The monoisotopic (exact) mass is 453 g/mol. The van der Waals surface area contributed by atoms with E-state index < -0.39 is 6.09 Å². The second-order valence-corrected chi connectivity index (χ2v) is 9.65. The molecule has 6 nitrogen and oxygen atoms in total. The van der Waals surface area contributed by atoms with Crippen molar-refractivity contribution in [2.24, 2.45) is 11.8 Å². The molecular formula is C26H30FN2O4+. The van der Waals surface area contributed by atoms with Crippen LogP contribution >= 0.6 is 0 Å². The van der Waals surface area contributed by atoms with Crippen molar-refractivity contribution in [3.8, 4) is 0 Å². The van der Waals surface area contributed by atoms with E-state index >= 15 is 0 Å². The molecule has 174 valence electrons. The van der Waals surface area contributed by atoms with Gasteiger partial charge in [-0.1, -0.05) is 36.4 Å². The Kier molecular flexibility index (Phi) is 5.83. The third kappa shape index (κ3) is 4.10. The topological polar surface area (TPSA) is 66.8 Å². The lowest BCUT2D eigenvalue weighted by Gasteiger charge is -2.48. The molecule has 1 N–H and O–H groups in total. The Balaban J connectivity index is 1.28. The Morgan fingerprint density at radius 2 is 1.82 bits per heavy atom. The van der Waals surface area contributed by atoms with Crippen LogP contribution in [0.4, 0.5) is 14.0 Å². The molecule has 0 spiro atoms. The van der Waals surface area contributed by atoms with E-state index in [1.165, 1.54) is 17.7 Å². The highest BCUT2D eigenvalue weighted by Gasteiger charge is 2.50. The number of quaternary nitrogens is 1. The number of carbonyl (C=O) groups excluding carboxylic acids is 1. The standard InChI is InChI=1S/C26H29FN2O4/c27-22-7-5-20(6-8-22)24-23-4-2-1-3-19(23)9-13-28(24)25(30)33-16-12-21-17-29(26(31)32)14-10-18(21)11-15-29/h1-8,18,21,24H,9-17H2/p+1/t18?,21-,24+,29?/m1/s1. The van der Waals surface area contributed by atoms with E-state index in [-0.39, 0.29) is 35.0 Å². The maximum atomic E-state index is 13.5. The third-order valence-electron chi connectivity index (χ3n) is 7.93. The summed E-state index contributed by atoms with van der Waals surface area (Å²) < 4.78 is 19.4. The second kappa shape index (κ2) is 8.78. The minimum atomic E-state index is -0.732.